The fourth-order valence-electron chi connectivity index (χ4n) is 1.38. The van der Waals surface area contributed by atoms with Crippen molar-refractivity contribution in [1.82, 2.24) is 15.0 Å². The Bertz CT molecular complexity index is 376. The van der Waals surface area contributed by atoms with Crippen LogP contribution in [0.2, 0.25) is 0 Å². The van der Waals surface area contributed by atoms with E-state index in [0.29, 0.717) is 23.9 Å². The number of hydrogen-bond acceptors (Lipinski definition) is 7. The molecule has 0 aliphatic rings. The number of aromatic nitrogens is 3. The highest BCUT2D eigenvalue weighted by Gasteiger charge is 2.15. The van der Waals surface area contributed by atoms with Gasteiger partial charge in [0.15, 0.2) is 0 Å². The van der Waals surface area contributed by atoms with Gasteiger partial charge in [0.2, 0.25) is 11.9 Å². The topological polar surface area (TPSA) is 63.2 Å². The first-order valence-corrected chi connectivity index (χ1v) is 7.27. The molecule has 0 saturated carbocycles. The second-order valence-electron chi connectivity index (χ2n) is 3.89. The molecule has 0 amide bonds. The van der Waals surface area contributed by atoms with E-state index in [0.717, 1.165) is 12.3 Å². The molecule has 1 atom stereocenters. The first kappa shape index (κ1) is 14.8. The van der Waals surface area contributed by atoms with E-state index < -0.39 is 0 Å². The van der Waals surface area contributed by atoms with Gasteiger partial charge in [-0.3, -0.25) is 0 Å². The zero-order chi connectivity index (χ0) is 13.5. The Morgan fingerprint density at radius 3 is 2.67 bits per heavy atom. The van der Waals surface area contributed by atoms with Crippen LogP contribution in [-0.4, -0.2) is 53.7 Å². The SMILES string of the molecule is CCNc1nc(OC)nc(N(C)C(C)CSC)n1. The van der Waals surface area contributed by atoms with Crippen LogP contribution < -0.4 is 15.0 Å². The second-order valence-corrected chi connectivity index (χ2v) is 4.80. The van der Waals surface area contributed by atoms with Crippen molar-refractivity contribution in [2.45, 2.75) is 19.9 Å². The molecular formula is C11H21N5OS. The van der Waals surface area contributed by atoms with Crippen molar-refractivity contribution < 1.29 is 4.74 Å². The molecule has 6 nitrogen and oxygen atoms in total. The monoisotopic (exact) mass is 271 g/mol. The average molecular weight is 271 g/mol. The van der Waals surface area contributed by atoms with Crippen molar-refractivity contribution in [2.24, 2.45) is 0 Å². The molecule has 0 saturated heterocycles. The van der Waals surface area contributed by atoms with E-state index in [-0.39, 0.29) is 0 Å². The summed E-state index contributed by atoms with van der Waals surface area (Å²) < 4.78 is 5.10. The van der Waals surface area contributed by atoms with Crippen LogP contribution in [0.4, 0.5) is 11.9 Å². The Labute approximate surface area is 113 Å². The third kappa shape index (κ3) is 3.90. The van der Waals surface area contributed by atoms with Gasteiger partial charge in [-0.25, -0.2) is 0 Å². The van der Waals surface area contributed by atoms with Crippen molar-refractivity contribution in [1.29, 1.82) is 0 Å². The van der Waals surface area contributed by atoms with Gasteiger partial charge in [-0.15, -0.1) is 0 Å². The standard InChI is InChI=1S/C11H21N5OS/c1-6-12-9-13-10(15-11(14-9)17-4)16(3)8(2)7-18-5/h8H,6-7H2,1-5H3,(H,12,13,14,15). The van der Waals surface area contributed by atoms with E-state index in [4.69, 9.17) is 4.74 Å². The van der Waals surface area contributed by atoms with E-state index in [1.165, 1.54) is 0 Å². The summed E-state index contributed by atoms with van der Waals surface area (Å²) in [6, 6.07) is 0.681. The summed E-state index contributed by atoms with van der Waals surface area (Å²) in [5.41, 5.74) is 0. The van der Waals surface area contributed by atoms with Gasteiger partial charge < -0.3 is 15.0 Å². The number of ether oxygens (including phenoxy) is 1. The van der Waals surface area contributed by atoms with Gasteiger partial charge in [0.25, 0.3) is 0 Å². The first-order chi connectivity index (χ1) is 8.62. The van der Waals surface area contributed by atoms with E-state index in [1.54, 1.807) is 18.9 Å². The van der Waals surface area contributed by atoms with Crippen molar-refractivity contribution in [3.63, 3.8) is 0 Å². The summed E-state index contributed by atoms with van der Waals surface area (Å²) in [4.78, 5) is 14.8. The Morgan fingerprint density at radius 1 is 1.39 bits per heavy atom. The zero-order valence-corrected chi connectivity index (χ0v) is 12.4. The Morgan fingerprint density at radius 2 is 2.11 bits per heavy atom. The molecule has 0 aromatic carbocycles. The lowest BCUT2D eigenvalue weighted by atomic mass is 10.3. The number of rotatable bonds is 7. The third-order valence-corrected chi connectivity index (χ3v) is 3.32. The minimum absolute atomic E-state index is 0.333. The maximum absolute atomic E-state index is 5.10. The maximum Gasteiger partial charge on any atom is 0.322 e. The Hall–Kier alpha value is -1.24. The first-order valence-electron chi connectivity index (χ1n) is 5.88. The van der Waals surface area contributed by atoms with Crippen molar-refractivity contribution in [2.75, 3.05) is 42.9 Å². The van der Waals surface area contributed by atoms with Crippen LogP contribution in [0.5, 0.6) is 6.01 Å². The van der Waals surface area contributed by atoms with E-state index in [1.807, 2.05) is 18.9 Å². The van der Waals surface area contributed by atoms with Crippen LogP contribution in [0, 0.1) is 0 Å². The van der Waals surface area contributed by atoms with Gasteiger partial charge in [-0.05, 0) is 20.1 Å². The average Bonchev–Trinajstić information content (AvgIpc) is 2.38. The van der Waals surface area contributed by atoms with Gasteiger partial charge in [0.05, 0.1) is 7.11 Å². The predicted molar refractivity (Wildman–Crippen MR) is 76.8 cm³/mol. The highest BCUT2D eigenvalue weighted by molar-refractivity contribution is 7.98. The molecule has 1 rings (SSSR count). The fourth-order valence-corrected chi connectivity index (χ4v) is 2.09. The number of anilines is 2. The molecule has 1 aromatic rings. The predicted octanol–water partition coefficient (Wildman–Crippen LogP) is 1.50. The summed E-state index contributed by atoms with van der Waals surface area (Å²) in [5, 5.41) is 3.07. The van der Waals surface area contributed by atoms with E-state index >= 15 is 0 Å². The van der Waals surface area contributed by atoms with Crippen molar-refractivity contribution in [3.8, 4) is 6.01 Å². The second kappa shape index (κ2) is 7.25. The number of hydrogen-bond donors (Lipinski definition) is 1. The molecule has 18 heavy (non-hydrogen) atoms. The van der Waals surface area contributed by atoms with Crippen LogP contribution in [0.25, 0.3) is 0 Å². The molecule has 102 valence electrons. The molecule has 0 aliphatic carbocycles. The minimum Gasteiger partial charge on any atom is -0.467 e. The van der Waals surface area contributed by atoms with E-state index in [2.05, 4.69) is 33.4 Å². The molecule has 1 unspecified atom stereocenters. The molecule has 1 heterocycles. The van der Waals surface area contributed by atoms with Crippen LogP contribution in [0.3, 0.4) is 0 Å². The smallest absolute Gasteiger partial charge is 0.322 e. The summed E-state index contributed by atoms with van der Waals surface area (Å²) in [6.45, 7) is 4.90. The van der Waals surface area contributed by atoms with Crippen LogP contribution in [0.15, 0.2) is 0 Å². The molecule has 0 radical (unpaired) electrons. The lowest BCUT2D eigenvalue weighted by Crippen LogP contribution is -2.32. The largest absolute Gasteiger partial charge is 0.467 e. The van der Waals surface area contributed by atoms with Gasteiger partial charge in [0, 0.05) is 25.4 Å². The van der Waals surface area contributed by atoms with Gasteiger partial charge in [-0.2, -0.15) is 26.7 Å². The molecule has 1 aromatic heterocycles. The summed E-state index contributed by atoms with van der Waals surface area (Å²) >= 11 is 1.80. The van der Waals surface area contributed by atoms with Crippen LogP contribution in [0.1, 0.15) is 13.8 Å². The Balaban J connectivity index is 2.95. The minimum atomic E-state index is 0.333. The molecule has 0 spiro atoms. The van der Waals surface area contributed by atoms with Gasteiger partial charge in [0.1, 0.15) is 0 Å². The van der Waals surface area contributed by atoms with Crippen LogP contribution in [-0.2, 0) is 0 Å². The number of thioether (sulfide) groups is 1. The normalized spacial score (nSPS) is 12.1. The van der Waals surface area contributed by atoms with Crippen molar-refractivity contribution >= 4 is 23.7 Å². The summed E-state index contributed by atoms with van der Waals surface area (Å²) in [6.07, 6.45) is 2.09. The van der Waals surface area contributed by atoms with Crippen LogP contribution >= 0.6 is 11.8 Å². The van der Waals surface area contributed by atoms with Gasteiger partial charge in [-0.1, -0.05) is 0 Å². The van der Waals surface area contributed by atoms with E-state index in [9.17, 15) is 0 Å². The lowest BCUT2D eigenvalue weighted by Gasteiger charge is -2.24. The molecule has 7 heteroatoms. The number of nitrogens with zero attached hydrogens (tertiary/aromatic N) is 4. The molecule has 0 aliphatic heterocycles. The quantitative estimate of drug-likeness (QED) is 0.806. The molecule has 1 N–H and O–H groups in total. The Kier molecular flexibility index (Phi) is 5.97. The summed E-state index contributed by atoms with van der Waals surface area (Å²) in [7, 11) is 3.53. The summed E-state index contributed by atoms with van der Waals surface area (Å²) in [5.74, 6) is 2.18. The zero-order valence-electron chi connectivity index (χ0n) is 11.6. The fraction of sp³-hybridized carbons (Fsp3) is 0.727. The lowest BCUT2D eigenvalue weighted by molar-refractivity contribution is 0.378. The highest BCUT2D eigenvalue weighted by Crippen LogP contribution is 2.16. The molecule has 0 bridgehead atoms. The number of methoxy groups -OCH3 is 1. The highest BCUT2D eigenvalue weighted by atomic mass is 32.2. The third-order valence-electron chi connectivity index (χ3n) is 2.51. The van der Waals surface area contributed by atoms with Gasteiger partial charge >= 0.3 is 6.01 Å². The van der Waals surface area contributed by atoms with Crippen molar-refractivity contribution in [3.05, 3.63) is 0 Å². The maximum atomic E-state index is 5.10. The molecule has 0 fully saturated rings. The number of nitrogens with one attached hydrogen (secondary N) is 1. The molecular weight excluding hydrogens is 250 g/mol.